The molecule has 1 rings (SSSR count). The Balaban J connectivity index is 2.68. The molecule has 0 atom stereocenters. The number of aromatic amines is 1. The molecule has 1 aromatic rings. The zero-order valence-corrected chi connectivity index (χ0v) is 14.2. The van der Waals surface area contributed by atoms with Crippen LogP contribution in [0.2, 0.25) is 0 Å². The van der Waals surface area contributed by atoms with Gasteiger partial charge in [0.25, 0.3) is 5.91 Å². The number of primary amides is 1. The van der Waals surface area contributed by atoms with Crippen molar-refractivity contribution >= 4 is 21.8 Å². The van der Waals surface area contributed by atoms with E-state index in [1.54, 1.807) is 7.05 Å². The van der Waals surface area contributed by atoms with E-state index < -0.39 is 22.5 Å². The zero-order valence-electron chi connectivity index (χ0n) is 13.4. The van der Waals surface area contributed by atoms with Crippen molar-refractivity contribution < 1.29 is 18.0 Å². The van der Waals surface area contributed by atoms with Crippen LogP contribution in [0.15, 0.2) is 17.2 Å². The Labute approximate surface area is 135 Å². The third-order valence-corrected chi connectivity index (χ3v) is 4.67. The average Bonchev–Trinajstić information content (AvgIpc) is 2.95. The lowest BCUT2D eigenvalue weighted by atomic mass is 9.93. The maximum Gasteiger partial charge on any atom is 0.265 e. The summed E-state index contributed by atoms with van der Waals surface area (Å²) in [4.78, 5) is 26.7. The van der Waals surface area contributed by atoms with Crippen molar-refractivity contribution in [1.82, 2.24) is 14.6 Å². The molecule has 0 unspecified atom stereocenters. The number of likely N-dealkylation sites (N-methyl/N-ethyl adjacent to an activating group) is 1. The predicted octanol–water partition coefficient (Wildman–Crippen LogP) is -1.16. The number of rotatable bonds is 8. The largest absolute Gasteiger partial charge is 0.364 e. The lowest BCUT2D eigenvalue weighted by Crippen LogP contribution is -2.44. The summed E-state index contributed by atoms with van der Waals surface area (Å²) in [6.07, 6.45) is 1.13. The zero-order chi connectivity index (χ0) is 17.8. The van der Waals surface area contributed by atoms with Crippen molar-refractivity contribution in [1.29, 1.82) is 0 Å². The third-order valence-electron chi connectivity index (χ3n) is 3.29. The van der Waals surface area contributed by atoms with Gasteiger partial charge in [-0.2, -0.15) is 0 Å². The van der Waals surface area contributed by atoms with Crippen LogP contribution in [0.1, 0.15) is 24.3 Å². The highest BCUT2D eigenvalue weighted by atomic mass is 32.2. The number of amides is 2. The first-order valence-electron chi connectivity index (χ1n) is 6.90. The van der Waals surface area contributed by atoms with Crippen LogP contribution < -0.4 is 16.2 Å². The van der Waals surface area contributed by atoms with Crippen molar-refractivity contribution in [2.75, 3.05) is 26.7 Å². The van der Waals surface area contributed by atoms with E-state index in [2.05, 4.69) is 9.71 Å². The molecule has 9 nitrogen and oxygen atoms in total. The van der Waals surface area contributed by atoms with Gasteiger partial charge in [-0.15, -0.1) is 0 Å². The minimum Gasteiger partial charge on any atom is -0.364 e. The number of carbonyl (C=O) groups is 2. The van der Waals surface area contributed by atoms with Gasteiger partial charge in [0.1, 0.15) is 10.6 Å². The fraction of sp³-hybridized carbons (Fsp3) is 0.538. The van der Waals surface area contributed by atoms with Crippen molar-refractivity contribution in [3.63, 3.8) is 0 Å². The summed E-state index contributed by atoms with van der Waals surface area (Å²) in [5.74, 6) is -1.16. The standard InChI is InChI=1S/C13H23N5O4S/c1-13(2,7-14)8-18(3)11(19)6-17-23(21,22)9-4-10(12(15)20)16-5-9/h4-5,16-17H,6-8,14H2,1-3H3,(H2,15,20). The van der Waals surface area contributed by atoms with Gasteiger partial charge in [-0.3, -0.25) is 9.59 Å². The number of nitrogens with one attached hydrogen (secondary N) is 2. The summed E-state index contributed by atoms with van der Waals surface area (Å²) >= 11 is 0. The molecule has 6 N–H and O–H groups in total. The molecule has 23 heavy (non-hydrogen) atoms. The molecule has 0 fully saturated rings. The molecular weight excluding hydrogens is 322 g/mol. The summed E-state index contributed by atoms with van der Waals surface area (Å²) in [5, 5.41) is 0. The van der Waals surface area contributed by atoms with Crippen LogP contribution in [-0.4, -0.2) is 56.8 Å². The molecule has 0 spiro atoms. The lowest BCUT2D eigenvalue weighted by molar-refractivity contribution is -0.129. The molecule has 0 saturated carbocycles. The SMILES string of the molecule is CN(CC(C)(C)CN)C(=O)CNS(=O)(=O)c1c[nH]c(C(N)=O)c1. The Morgan fingerprint density at radius 1 is 1.39 bits per heavy atom. The first kappa shape index (κ1) is 19.1. The van der Waals surface area contributed by atoms with Gasteiger partial charge in [0.2, 0.25) is 15.9 Å². The lowest BCUT2D eigenvalue weighted by Gasteiger charge is -2.29. The summed E-state index contributed by atoms with van der Waals surface area (Å²) in [6, 6.07) is 1.11. The smallest absolute Gasteiger partial charge is 0.265 e. The van der Waals surface area contributed by atoms with Gasteiger partial charge in [0.15, 0.2) is 0 Å². The highest BCUT2D eigenvalue weighted by Crippen LogP contribution is 2.14. The van der Waals surface area contributed by atoms with E-state index in [-0.39, 0.29) is 21.9 Å². The van der Waals surface area contributed by atoms with Crippen LogP contribution >= 0.6 is 0 Å². The van der Waals surface area contributed by atoms with Crippen LogP contribution in [-0.2, 0) is 14.8 Å². The number of aromatic nitrogens is 1. The van der Waals surface area contributed by atoms with Crippen LogP contribution in [0.4, 0.5) is 0 Å². The molecule has 0 aromatic carbocycles. The van der Waals surface area contributed by atoms with Crippen molar-refractivity contribution in [3.05, 3.63) is 18.0 Å². The summed E-state index contributed by atoms with van der Waals surface area (Å²) in [7, 11) is -2.33. The summed E-state index contributed by atoms with van der Waals surface area (Å²) in [5.41, 5.74) is 10.4. The Morgan fingerprint density at radius 3 is 2.48 bits per heavy atom. The molecule has 130 valence electrons. The Bertz CT molecular complexity index is 680. The fourth-order valence-corrected chi connectivity index (χ4v) is 2.81. The minimum absolute atomic E-state index is 0.0292. The molecule has 10 heteroatoms. The molecule has 0 aliphatic carbocycles. The molecule has 0 bridgehead atoms. The van der Waals surface area contributed by atoms with Crippen molar-refractivity contribution in [2.45, 2.75) is 18.7 Å². The molecule has 0 saturated heterocycles. The number of hydrogen-bond acceptors (Lipinski definition) is 5. The maximum atomic E-state index is 12.1. The number of nitrogens with zero attached hydrogens (tertiary/aromatic N) is 1. The van der Waals surface area contributed by atoms with E-state index in [9.17, 15) is 18.0 Å². The molecule has 1 aromatic heterocycles. The number of hydrogen-bond donors (Lipinski definition) is 4. The van der Waals surface area contributed by atoms with Gasteiger partial charge in [0, 0.05) is 19.8 Å². The Kier molecular flexibility index (Phi) is 5.92. The van der Waals surface area contributed by atoms with Gasteiger partial charge in [-0.25, -0.2) is 13.1 Å². The number of carbonyl (C=O) groups excluding carboxylic acids is 2. The second-order valence-electron chi connectivity index (χ2n) is 6.06. The normalized spacial score (nSPS) is 12.2. The third kappa shape index (κ3) is 5.34. The summed E-state index contributed by atoms with van der Waals surface area (Å²) < 4.78 is 26.3. The molecule has 2 amide bonds. The second kappa shape index (κ2) is 7.11. The number of H-pyrrole nitrogens is 1. The van der Waals surface area contributed by atoms with E-state index in [0.717, 1.165) is 12.3 Å². The summed E-state index contributed by atoms with van der Waals surface area (Å²) in [6.45, 7) is 4.23. The molecule has 1 heterocycles. The molecular formula is C13H23N5O4S. The number of nitrogens with two attached hydrogens (primary N) is 2. The highest BCUT2D eigenvalue weighted by molar-refractivity contribution is 7.89. The van der Waals surface area contributed by atoms with Crippen LogP contribution in [0.5, 0.6) is 0 Å². The van der Waals surface area contributed by atoms with E-state index >= 15 is 0 Å². The highest BCUT2D eigenvalue weighted by Gasteiger charge is 2.23. The molecule has 0 radical (unpaired) electrons. The Morgan fingerprint density at radius 2 is 2.00 bits per heavy atom. The maximum absolute atomic E-state index is 12.1. The second-order valence-corrected chi connectivity index (χ2v) is 7.82. The quantitative estimate of drug-likeness (QED) is 0.468. The first-order chi connectivity index (χ1) is 10.5. The van der Waals surface area contributed by atoms with Crippen LogP contribution in [0.3, 0.4) is 0 Å². The van der Waals surface area contributed by atoms with Crippen LogP contribution in [0.25, 0.3) is 0 Å². The number of sulfonamides is 1. The van der Waals surface area contributed by atoms with Crippen LogP contribution in [0, 0.1) is 5.41 Å². The minimum atomic E-state index is -3.91. The topological polar surface area (TPSA) is 151 Å². The monoisotopic (exact) mass is 345 g/mol. The molecule has 0 aliphatic heterocycles. The van der Waals surface area contributed by atoms with E-state index in [0.29, 0.717) is 13.1 Å². The Hall–Kier alpha value is -1.91. The van der Waals surface area contributed by atoms with Gasteiger partial charge in [-0.1, -0.05) is 13.8 Å². The van der Waals surface area contributed by atoms with Gasteiger partial charge >= 0.3 is 0 Å². The van der Waals surface area contributed by atoms with Crippen molar-refractivity contribution in [2.24, 2.45) is 16.9 Å². The van der Waals surface area contributed by atoms with E-state index in [4.69, 9.17) is 11.5 Å². The van der Waals surface area contributed by atoms with Gasteiger partial charge in [-0.05, 0) is 18.0 Å². The predicted molar refractivity (Wildman–Crippen MR) is 85.0 cm³/mol. The molecule has 0 aliphatic rings. The van der Waals surface area contributed by atoms with Gasteiger partial charge < -0.3 is 21.4 Å². The van der Waals surface area contributed by atoms with Gasteiger partial charge in [0.05, 0.1) is 6.54 Å². The first-order valence-corrected chi connectivity index (χ1v) is 8.39. The average molecular weight is 345 g/mol. The fourth-order valence-electron chi connectivity index (χ4n) is 1.84. The van der Waals surface area contributed by atoms with E-state index in [1.165, 1.54) is 4.90 Å². The van der Waals surface area contributed by atoms with Crippen molar-refractivity contribution in [3.8, 4) is 0 Å². The van der Waals surface area contributed by atoms with E-state index in [1.807, 2.05) is 13.8 Å².